The normalized spacial score (nSPS) is 22.2. The Hall–Kier alpha value is -3.40. The molecule has 162 valence electrons. The van der Waals surface area contributed by atoms with E-state index in [9.17, 15) is 13.6 Å². The van der Waals surface area contributed by atoms with Gasteiger partial charge in [-0.15, -0.1) is 0 Å². The van der Waals surface area contributed by atoms with E-state index in [1.807, 2.05) is 11.0 Å². The molecule has 2 unspecified atom stereocenters. The molecule has 0 aliphatic carbocycles. The Morgan fingerprint density at radius 1 is 1.03 bits per heavy atom. The van der Waals surface area contributed by atoms with Crippen LogP contribution in [0.2, 0.25) is 0 Å². The Morgan fingerprint density at radius 2 is 1.78 bits per heavy atom. The number of nitrogens with zero attached hydrogens (tertiary/aromatic N) is 5. The van der Waals surface area contributed by atoms with Crippen molar-refractivity contribution in [3.8, 4) is 0 Å². The smallest absolute Gasteiger partial charge is 0.257 e. The van der Waals surface area contributed by atoms with E-state index >= 15 is 0 Å². The highest BCUT2D eigenvalue weighted by Crippen LogP contribution is 2.45. The number of carbonyl (C=O) groups is 1. The van der Waals surface area contributed by atoms with Crippen molar-refractivity contribution in [3.63, 3.8) is 0 Å². The van der Waals surface area contributed by atoms with Gasteiger partial charge in [-0.05, 0) is 24.3 Å². The van der Waals surface area contributed by atoms with Crippen molar-refractivity contribution in [1.29, 1.82) is 0 Å². The summed E-state index contributed by atoms with van der Waals surface area (Å²) in [5.74, 6) is -0.155. The van der Waals surface area contributed by atoms with Gasteiger partial charge in [0.05, 0.1) is 30.8 Å². The van der Waals surface area contributed by atoms with Crippen LogP contribution in [0.5, 0.6) is 0 Å². The molecule has 5 rings (SSSR count). The number of amidine groups is 1. The molecular weight excluding hydrogens is 434 g/mol. The van der Waals surface area contributed by atoms with Gasteiger partial charge in [-0.2, -0.15) is 0 Å². The number of fused-ring (bicyclic) bond motifs is 1. The van der Waals surface area contributed by atoms with E-state index in [0.717, 1.165) is 18.6 Å². The number of hydrogen-bond donors (Lipinski definition) is 1. The van der Waals surface area contributed by atoms with Gasteiger partial charge in [-0.1, -0.05) is 30.0 Å². The second-order valence-corrected chi connectivity index (χ2v) is 8.62. The number of aromatic nitrogens is 3. The molecule has 0 spiro atoms. The van der Waals surface area contributed by atoms with Crippen LogP contribution in [0.4, 0.5) is 14.7 Å². The Balaban J connectivity index is 1.50. The number of nitrogens with one attached hydrogen (secondary N) is 1. The quantitative estimate of drug-likeness (QED) is 0.658. The van der Waals surface area contributed by atoms with Gasteiger partial charge in [-0.3, -0.25) is 9.78 Å². The zero-order chi connectivity index (χ0) is 22.1. The molecule has 2 aliphatic rings. The Bertz CT molecular complexity index is 1160. The first-order valence-electron chi connectivity index (χ1n) is 9.97. The molecule has 0 bridgehead atoms. The van der Waals surface area contributed by atoms with Crippen molar-refractivity contribution in [2.45, 2.75) is 5.54 Å². The number of anilines is 1. The van der Waals surface area contributed by atoms with E-state index in [0.29, 0.717) is 41.2 Å². The fourth-order valence-corrected chi connectivity index (χ4v) is 5.17. The number of halogens is 2. The zero-order valence-electron chi connectivity index (χ0n) is 16.8. The molecule has 4 heterocycles. The number of benzene rings is 1. The van der Waals surface area contributed by atoms with Crippen LogP contribution < -0.4 is 10.2 Å². The molecule has 7 nitrogen and oxygen atoms in total. The van der Waals surface area contributed by atoms with Crippen LogP contribution in [-0.2, 0) is 5.54 Å². The van der Waals surface area contributed by atoms with Gasteiger partial charge >= 0.3 is 0 Å². The molecule has 10 heteroatoms. The molecule has 1 N–H and O–H groups in total. The third-order valence-corrected chi connectivity index (χ3v) is 6.62. The van der Waals surface area contributed by atoms with Crippen molar-refractivity contribution in [2.24, 2.45) is 10.9 Å². The minimum Gasteiger partial charge on any atom is -0.338 e. The lowest BCUT2D eigenvalue weighted by Crippen LogP contribution is -2.43. The molecule has 0 saturated carbocycles. The number of thioether (sulfide) groups is 1. The van der Waals surface area contributed by atoms with E-state index < -0.39 is 17.2 Å². The minimum atomic E-state index is -0.823. The van der Waals surface area contributed by atoms with Crippen LogP contribution in [0.25, 0.3) is 0 Å². The topological polar surface area (TPSA) is 83.4 Å². The maximum Gasteiger partial charge on any atom is 0.257 e. The summed E-state index contributed by atoms with van der Waals surface area (Å²) in [6.07, 6.45) is 3.41. The number of pyridine rings is 1. The van der Waals surface area contributed by atoms with Crippen LogP contribution in [-0.4, -0.2) is 44.9 Å². The van der Waals surface area contributed by atoms with Gasteiger partial charge in [0, 0.05) is 23.8 Å². The Morgan fingerprint density at radius 3 is 2.50 bits per heavy atom. The molecule has 1 saturated heterocycles. The second kappa shape index (κ2) is 8.27. The highest BCUT2D eigenvalue weighted by Gasteiger charge is 2.52. The van der Waals surface area contributed by atoms with E-state index in [1.54, 1.807) is 30.3 Å². The van der Waals surface area contributed by atoms with Crippen LogP contribution in [0.3, 0.4) is 0 Å². The summed E-state index contributed by atoms with van der Waals surface area (Å²) in [6.45, 7) is 0.939. The number of aliphatic imine (C=N–C) groups is 1. The average molecular weight is 452 g/mol. The van der Waals surface area contributed by atoms with Crippen LogP contribution in [0, 0.1) is 17.6 Å². The lowest BCUT2D eigenvalue weighted by Gasteiger charge is -2.34. The highest BCUT2D eigenvalue weighted by molar-refractivity contribution is 8.13. The van der Waals surface area contributed by atoms with Gasteiger partial charge in [0.1, 0.15) is 11.4 Å². The van der Waals surface area contributed by atoms with Crippen molar-refractivity contribution < 1.29 is 13.6 Å². The fourth-order valence-electron chi connectivity index (χ4n) is 4.04. The SMILES string of the molecule is O=C(NC1=NC2(c3ccc(F)cn3)CN(c3ncc(F)cn3)CC2CS1)c1ccccc1. The summed E-state index contributed by atoms with van der Waals surface area (Å²) in [4.78, 5) is 32.0. The summed E-state index contributed by atoms with van der Waals surface area (Å²) >= 11 is 1.45. The molecule has 2 aliphatic heterocycles. The summed E-state index contributed by atoms with van der Waals surface area (Å²) < 4.78 is 26.9. The van der Waals surface area contributed by atoms with E-state index in [-0.39, 0.29) is 11.8 Å². The van der Waals surface area contributed by atoms with Gasteiger partial charge in [0.2, 0.25) is 5.95 Å². The molecule has 2 aromatic heterocycles. The predicted octanol–water partition coefficient (Wildman–Crippen LogP) is 3.01. The second-order valence-electron chi connectivity index (χ2n) is 7.61. The largest absolute Gasteiger partial charge is 0.338 e. The third-order valence-electron chi connectivity index (χ3n) is 5.59. The predicted molar refractivity (Wildman–Crippen MR) is 117 cm³/mol. The van der Waals surface area contributed by atoms with E-state index in [4.69, 9.17) is 4.99 Å². The van der Waals surface area contributed by atoms with Gasteiger partial charge in [-0.25, -0.2) is 23.7 Å². The average Bonchev–Trinajstić information content (AvgIpc) is 3.20. The molecule has 0 radical (unpaired) electrons. The Labute approximate surface area is 187 Å². The zero-order valence-corrected chi connectivity index (χ0v) is 17.6. The summed E-state index contributed by atoms with van der Waals surface area (Å²) in [7, 11) is 0. The van der Waals surface area contributed by atoms with Crippen molar-refractivity contribution in [2.75, 3.05) is 23.7 Å². The van der Waals surface area contributed by atoms with Crippen molar-refractivity contribution in [3.05, 3.63) is 83.9 Å². The van der Waals surface area contributed by atoms with Gasteiger partial charge < -0.3 is 10.2 Å². The maximum absolute atomic E-state index is 13.6. The molecule has 32 heavy (non-hydrogen) atoms. The van der Waals surface area contributed by atoms with Crippen LogP contribution >= 0.6 is 11.8 Å². The number of rotatable bonds is 3. The van der Waals surface area contributed by atoms with E-state index in [1.165, 1.54) is 17.8 Å². The summed E-state index contributed by atoms with van der Waals surface area (Å²) in [5, 5.41) is 3.36. The van der Waals surface area contributed by atoms with Gasteiger partial charge in [0.15, 0.2) is 11.0 Å². The Kier molecular flexibility index (Phi) is 5.30. The van der Waals surface area contributed by atoms with Crippen LogP contribution in [0.1, 0.15) is 16.1 Å². The molecule has 1 aromatic carbocycles. The van der Waals surface area contributed by atoms with Gasteiger partial charge in [0.25, 0.3) is 5.91 Å². The lowest BCUT2D eigenvalue weighted by atomic mass is 9.85. The number of hydrogen-bond acceptors (Lipinski definition) is 7. The monoisotopic (exact) mass is 452 g/mol. The number of carbonyl (C=O) groups excluding carboxylic acids is 1. The molecule has 1 amide bonds. The highest BCUT2D eigenvalue weighted by atomic mass is 32.2. The molecular formula is C22H18F2N6OS. The third kappa shape index (κ3) is 3.81. The first-order chi connectivity index (χ1) is 15.5. The molecule has 3 aromatic rings. The van der Waals surface area contributed by atoms with Crippen molar-refractivity contribution >= 4 is 28.8 Å². The lowest BCUT2D eigenvalue weighted by molar-refractivity contribution is 0.0977. The minimum absolute atomic E-state index is 0.0106. The van der Waals surface area contributed by atoms with Crippen molar-refractivity contribution in [1.82, 2.24) is 20.3 Å². The maximum atomic E-state index is 13.6. The summed E-state index contributed by atoms with van der Waals surface area (Å²) in [5.41, 5.74) is 0.302. The summed E-state index contributed by atoms with van der Waals surface area (Å²) in [6, 6.07) is 11.9. The first-order valence-corrected chi connectivity index (χ1v) is 11.0. The van der Waals surface area contributed by atoms with Crippen LogP contribution in [0.15, 0.2) is 66.0 Å². The standard InChI is InChI=1S/C22H18F2N6OS/c23-16-6-7-18(25-8-16)22-13-30(20-26-9-17(24)10-27-20)11-15(22)12-32-21(29-22)28-19(31)14-4-2-1-3-5-14/h1-10,15H,11-13H2,(H,28,29,31). The first kappa shape index (κ1) is 20.5. The molecule has 2 atom stereocenters. The molecule has 1 fully saturated rings. The van der Waals surface area contributed by atoms with E-state index in [2.05, 4.69) is 20.3 Å². The fraction of sp³-hybridized carbons (Fsp3) is 0.227. The number of amides is 1.